The molecule has 0 atom stereocenters. The van der Waals surface area contributed by atoms with Gasteiger partial charge in [-0.15, -0.1) is 0 Å². The van der Waals surface area contributed by atoms with Gasteiger partial charge in [-0.1, -0.05) is 11.6 Å². The topological polar surface area (TPSA) is 80.0 Å². The smallest absolute Gasteiger partial charge is 0.312 e. The van der Waals surface area contributed by atoms with Gasteiger partial charge in [-0.2, -0.15) is 0 Å². The van der Waals surface area contributed by atoms with Crippen molar-refractivity contribution in [3.05, 3.63) is 29.0 Å². The highest BCUT2D eigenvalue weighted by atomic mass is 35.5. The fourth-order valence-corrected chi connectivity index (χ4v) is 1.23. The number of halogens is 1. The van der Waals surface area contributed by atoms with Gasteiger partial charge in [0.1, 0.15) is 0 Å². The number of hydrogen-bond acceptors (Lipinski definition) is 3. The molecule has 82 valence electrons. The summed E-state index contributed by atoms with van der Waals surface area (Å²) in [6.45, 7) is 1.78. The third-order valence-electron chi connectivity index (χ3n) is 1.77. The quantitative estimate of drug-likeness (QED) is 0.642. The van der Waals surface area contributed by atoms with Crippen LogP contribution in [-0.4, -0.2) is 24.1 Å². The second-order valence-corrected chi connectivity index (χ2v) is 3.34. The maximum Gasteiger partial charge on any atom is 0.312 e. The Kier molecular flexibility index (Phi) is 4.86. The molecule has 4 N–H and O–H groups in total. The first-order valence-corrected chi connectivity index (χ1v) is 4.90. The van der Waals surface area contributed by atoms with E-state index in [-0.39, 0.29) is 0 Å². The van der Waals surface area contributed by atoms with Crippen molar-refractivity contribution < 1.29 is 4.79 Å². The molecule has 0 fully saturated rings. The fourth-order valence-electron chi connectivity index (χ4n) is 1.04. The van der Waals surface area contributed by atoms with Crippen LogP contribution in [0.15, 0.2) is 18.5 Å². The lowest BCUT2D eigenvalue weighted by Crippen LogP contribution is -2.35. The van der Waals surface area contributed by atoms with Crippen molar-refractivity contribution in [3.63, 3.8) is 0 Å². The Morgan fingerprint density at radius 1 is 1.53 bits per heavy atom. The molecular formula is C9H13ClN4O. The number of nitrogens with zero attached hydrogens (tertiary/aromatic N) is 1. The average Bonchev–Trinajstić information content (AvgIpc) is 2.20. The average molecular weight is 229 g/mol. The minimum absolute atomic E-state index is 0.498. The summed E-state index contributed by atoms with van der Waals surface area (Å²) in [5, 5.41) is 6.23. The lowest BCUT2D eigenvalue weighted by atomic mass is 10.3. The van der Waals surface area contributed by atoms with E-state index in [1.54, 1.807) is 12.4 Å². The van der Waals surface area contributed by atoms with Gasteiger partial charge in [0, 0.05) is 32.0 Å². The molecule has 0 spiro atoms. The Morgan fingerprint density at radius 2 is 2.33 bits per heavy atom. The molecular weight excluding hydrogens is 216 g/mol. The van der Waals surface area contributed by atoms with Gasteiger partial charge in [0.05, 0.1) is 5.02 Å². The second-order valence-electron chi connectivity index (χ2n) is 2.93. The zero-order valence-corrected chi connectivity index (χ0v) is 8.92. The first kappa shape index (κ1) is 11.7. The Hall–Kier alpha value is -1.33. The summed E-state index contributed by atoms with van der Waals surface area (Å²) in [5.41, 5.74) is 5.88. The number of carbonyl (C=O) groups is 1. The van der Waals surface area contributed by atoms with E-state index in [1.807, 2.05) is 6.07 Å². The van der Waals surface area contributed by atoms with Gasteiger partial charge in [-0.3, -0.25) is 4.98 Å². The van der Waals surface area contributed by atoms with Crippen molar-refractivity contribution in [3.8, 4) is 0 Å². The molecule has 0 bridgehead atoms. The molecule has 0 unspecified atom stereocenters. The summed E-state index contributed by atoms with van der Waals surface area (Å²) >= 11 is 5.90. The van der Waals surface area contributed by atoms with Gasteiger partial charge in [0.25, 0.3) is 0 Å². The lowest BCUT2D eigenvalue weighted by molar-refractivity contribution is 0.249. The molecule has 0 radical (unpaired) electrons. The van der Waals surface area contributed by atoms with Gasteiger partial charge in [0.15, 0.2) is 0 Å². The molecule has 0 aliphatic rings. The highest BCUT2D eigenvalue weighted by molar-refractivity contribution is 6.31. The third kappa shape index (κ3) is 4.62. The molecule has 15 heavy (non-hydrogen) atoms. The molecule has 6 heteroatoms. The maximum absolute atomic E-state index is 10.3. The molecule has 1 rings (SSSR count). The van der Waals surface area contributed by atoms with Crippen molar-refractivity contribution in [2.45, 2.75) is 6.54 Å². The minimum Gasteiger partial charge on any atom is -0.352 e. The summed E-state index contributed by atoms with van der Waals surface area (Å²) in [6, 6.07) is 1.33. The molecule has 0 aliphatic heterocycles. The highest BCUT2D eigenvalue weighted by Gasteiger charge is 1.98. The Morgan fingerprint density at radius 3 is 3.00 bits per heavy atom. The standard InChI is InChI=1S/C9H13ClN4O/c10-8-6-12-2-1-7(8)5-13-3-4-14-9(11)15/h1-2,6,13H,3-5H2,(H3,11,14,15). The molecule has 2 amide bonds. The fraction of sp³-hybridized carbons (Fsp3) is 0.333. The van der Waals surface area contributed by atoms with E-state index in [9.17, 15) is 4.79 Å². The van der Waals surface area contributed by atoms with Crippen molar-refractivity contribution >= 4 is 17.6 Å². The summed E-state index contributed by atoms with van der Waals surface area (Å²) in [7, 11) is 0. The molecule has 0 saturated heterocycles. The maximum atomic E-state index is 10.3. The molecule has 5 nitrogen and oxygen atoms in total. The van der Waals surface area contributed by atoms with E-state index in [0.717, 1.165) is 5.56 Å². The van der Waals surface area contributed by atoms with Crippen molar-refractivity contribution in [1.29, 1.82) is 0 Å². The summed E-state index contributed by atoms with van der Waals surface area (Å²) in [6.07, 6.45) is 3.28. The number of pyridine rings is 1. The number of nitrogens with one attached hydrogen (secondary N) is 2. The Labute approximate surface area is 93.0 Å². The van der Waals surface area contributed by atoms with Crippen LogP contribution >= 0.6 is 11.6 Å². The van der Waals surface area contributed by atoms with Crippen molar-refractivity contribution in [1.82, 2.24) is 15.6 Å². The van der Waals surface area contributed by atoms with Crippen molar-refractivity contribution in [2.24, 2.45) is 5.73 Å². The Balaban J connectivity index is 2.21. The summed E-state index contributed by atoms with van der Waals surface area (Å²) in [4.78, 5) is 14.2. The van der Waals surface area contributed by atoms with Gasteiger partial charge in [-0.25, -0.2) is 4.79 Å². The predicted molar refractivity (Wildman–Crippen MR) is 58.5 cm³/mol. The number of primary amides is 1. The highest BCUT2D eigenvalue weighted by Crippen LogP contribution is 2.12. The first-order chi connectivity index (χ1) is 7.20. The van der Waals surface area contributed by atoms with Crippen LogP contribution in [0, 0.1) is 0 Å². The number of carbonyl (C=O) groups excluding carboxylic acids is 1. The number of hydrogen-bond donors (Lipinski definition) is 3. The van der Waals surface area contributed by atoms with Crippen LogP contribution in [0.1, 0.15) is 5.56 Å². The van der Waals surface area contributed by atoms with Crippen LogP contribution in [0.3, 0.4) is 0 Å². The predicted octanol–water partition coefficient (Wildman–Crippen LogP) is 0.493. The van der Waals surface area contributed by atoms with Crippen LogP contribution in [0.2, 0.25) is 5.02 Å². The Bertz CT molecular complexity index is 332. The second kappa shape index (κ2) is 6.21. The van der Waals surface area contributed by atoms with Crippen LogP contribution in [0.4, 0.5) is 4.79 Å². The van der Waals surface area contributed by atoms with E-state index < -0.39 is 6.03 Å². The minimum atomic E-state index is -0.515. The van der Waals surface area contributed by atoms with E-state index in [0.29, 0.717) is 24.7 Å². The molecule has 1 aromatic heterocycles. The van der Waals surface area contributed by atoms with Crippen LogP contribution in [-0.2, 0) is 6.54 Å². The van der Waals surface area contributed by atoms with E-state index >= 15 is 0 Å². The normalized spacial score (nSPS) is 9.93. The van der Waals surface area contributed by atoms with Gasteiger partial charge < -0.3 is 16.4 Å². The number of amides is 2. The van der Waals surface area contributed by atoms with Gasteiger partial charge >= 0.3 is 6.03 Å². The largest absolute Gasteiger partial charge is 0.352 e. The van der Waals surface area contributed by atoms with E-state index in [4.69, 9.17) is 17.3 Å². The van der Waals surface area contributed by atoms with Crippen LogP contribution in [0.5, 0.6) is 0 Å². The third-order valence-corrected chi connectivity index (χ3v) is 2.11. The van der Waals surface area contributed by atoms with Gasteiger partial charge in [-0.05, 0) is 11.6 Å². The first-order valence-electron chi connectivity index (χ1n) is 4.52. The number of urea groups is 1. The summed E-state index contributed by atoms with van der Waals surface area (Å²) < 4.78 is 0. The summed E-state index contributed by atoms with van der Waals surface area (Å²) in [5.74, 6) is 0. The number of rotatable bonds is 5. The van der Waals surface area contributed by atoms with Crippen molar-refractivity contribution in [2.75, 3.05) is 13.1 Å². The lowest BCUT2D eigenvalue weighted by Gasteiger charge is -2.06. The zero-order valence-electron chi connectivity index (χ0n) is 8.16. The number of aromatic nitrogens is 1. The zero-order chi connectivity index (χ0) is 11.1. The van der Waals surface area contributed by atoms with Crippen LogP contribution < -0.4 is 16.4 Å². The molecule has 1 heterocycles. The van der Waals surface area contributed by atoms with Crippen LogP contribution in [0.25, 0.3) is 0 Å². The molecule has 0 saturated carbocycles. The molecule has 0 aliphatic carbocycles. The molecule has 1 aromatic rings. The number of nitrogens with two attached hydrogens (primary N) is 1. The van der Waals surface area contributed by atoms with Gasteiger partial charge in [0.2, 0.25) is 0 Å². The SMILES string of the molecule is NC(=O)NCCNCc1ccncc1Cl. The van der Waals surface area contributed by atoms with E-state index in [2.05, 4.69) is 15.6 Å². The van der Waals surface area contributed by atoms with E-state index in [1.165, 1.54) is 0 Å². The monoisotopic (exact) mass is 228 g/mol. The molecule has 0 aromatic carbocycles.